The fraction of sp³-hybridized carbons (Fsp3) is 0.833. The van der Waals surface area contributed by atoms with E-state index in [9.17, 15) is 0 Å². The molecule has 0 heterocycles. The average molecular weight is 130 g/mol. The van der Waals surface area contributed by atoms with Gasteiger partial charge in [-0.3, -0.25) is 0 Å². The normalized spacial score (nSPS) is 12.2. The third-order valence-corrected chi connectivity index (χ3v) is 0.678. The van der Waals surface area contributed by atoms with Gasteiger partial charge in [0.25, 0.3) is 6.02 Å². The summed E-state index contributed by atoms with van der Waals surface area (Å²) in [5.74, 6) is 0. The van der Waals surface area contributed by atoms with Crippen LogP contribution in [0.15, 0.2) is 4.99 Å². The Kier molecular flexibility index (Phi) is 3.84. The Morgan fingerprint density at radius 2 is 2.22 bits per heavy atom. The second kappa shape index (κ2) is 4.18. The molecule has 54 valence electrons. The molecule has 0 saturated heterocycles. The molecule has 0 aliphatic heterocycles. The largest absolute Gasteiger partial charge is 0.466 e. The predicted molar refractivity (Wildman–Crippen MR) is 38.4 cm³/mol. The lowest BCUT2D eigenvalue weighted by Gasteiger charge is -2.01. The third-order valence-electron chi connectivity index (χ3n) is 0.678. The highest BCUT2D eigenvalue weighted by Crippen LogP contribution is 1.85. The standard InChI is InChI=1S/C6H14N2O/c1-4-9-6(7)8-5(2)3/h5H,4H2,1-3H3,(H2,7,8). The van der Waals surface area contributed by atoms with Crippen molar-refractivity contribution in [3.05, 3.63) is 0 Å². The molecule has 0 rings (SSSR count). The highest BCUT2D eigenvalue weighted by molar-refractivity contribution is 5.71. The van der Waals surface area contributed by atoms with Crippen molar-refractivity contribution in [2.45, 2.75) is 26.8 Å². The van der Waals surface area contributed by atoms with E-state index in [4.69, 9.17) is 10.5 Å². The Labute approximate surface area is 55.9 Å². The van der Waals surface area contributed by atoms with Crippen LogP contribution in [0.2, 0.25) is 0 Å². The number of nitrogens with zero attached hydrogens (tertiary/aromatic N) is 1. The van der Waals surface area contributed by atoms with Crippen LogP contribution in [0.1, 0.15) is 20.8 Å². The van der Waals surface area contributed by atoms with Crippen LogP contribution in [0.5, 0.6) is 0 Å². The summed E-state index contributed by atoms with van der Waals surface area (Å²) in [4.78, 5) is 3.94. The summed E-state index contributed by atoms with van der Waals surface area (Å²) < 4.78 is 4.88. The number of hydrogen-bond donors (Lipinski definition) is 1. The molecule has 0 radical (unpaired) electrons. The molecule has 0 saturated carbocycles. The van der Waals surface area contributed by atoms with E-state index >= 15 is 0 Å². The van der Waals surface area contributed by atoms with Crippen LogP contribution in [-0.2, 0) is 4.74 Å². The monoisotopic (exact) mass is 130 g/mol. The van der Waals surface area contributed by atoms with Gasteiger partial charge in [-0.1, -0.05) is 0 Å². The van der Waals surface area contributed by atoms with E-state index in [2.05, 4.69) is 4.99 Å². The Bertz CT molecular complexity index is 99.2. The lowest BCUT2D eigenvalue weighted by molar-refractivity contribution is 0.319. The fourth-order valence-corrected chi connectivity index (χ4v) is 0.440. The first-order chi connectivity index (χ1) is 4.16. The first-order valence-corrected chi connectivity index (χ1v) is 3.13. The van der Waals surface area contributed by atoms with Gasteiger partial charge in [0.1, 0.15) is 0 Å². The molecular formula is C6H14N2O. The van der Waals surface area contributed by atoms with Crippen LogP contribution in [0.4, 0.5) is 0 Å². The maximum atomic E-state index is 5.31. The summed E-state index contributed by atoms with van der Waals surface area (Å²) in [6.45, 7) is 6.36. The van der Waals surface area contributed by atoms with Crippen LogP contribution in [-0.4, -0.2) is 18.7 Å². The Hall–Kier alpha value is -0.730. The van der Waals surface area contributed by atoms with Gasteiger partial charge in [-0.15, -0.1) is 0 Å². The molecule has 0 aromatic rings. The van der Waals surface area contributed by atoms with Gasteiger partial charge >= 0.3 is 0 Å². The minimum absolute atomic E-state index is 0.219. The number of rotatable bonds is 2. The Morgan fingerprint density at radius 3 is 2.56 bits per heavy atom. The van der Waals surface area contributed by atoms with Gasteiger partial charge in [-0.25, -0.2) is 4.99 Å². The molecule has 0 atom stereocenters. The molecule has 0 fully saturated rings. The Morgan fingerprint density at radius 1 is 1.67 bits per heavy atom. The third kappa shape index (κ3) is 5.14. The van der Waals surface area contributed by atoms with Crippen LogP contribution in [0, 0.1) is 0 Å². The van der Waals surface area contributed by atoms with Gasteiger partial charge in [0, 0.05) is 6.04 Å². The van der Waals surface area contributed by atoms with E-state index in [0.29, 0.717) is 6.61 Å². The summed E-state index contributed by atoms with van der Waals surface area (Å²) in [6, 6.07) is 0.504. The van der Waals surface area contributed by atoms with Crippen LogP contribution < -0.4 is 5.73 Å². The number of hydrogen-bond acceptors (Lipinski definition) is 2. The number of ether oxygens (including phenoxy) is 1. The number of amidine groups is 1. The van der Waals surface area contributed by atoms with Crippen molar-refractivity contribution in [3.8, 4) is 0 Å². The summed E-state index contributed by atoms with van der Waals surface area (Å²) >= 11 is 0. The first-order valence-electron chi connectivity index (χ1n) is 3.13. The van der Waals surface area contributed by atoms with Crippen LogP contribution in [0.25, 0.3) is 0 Å². The molecule has 0 aromatic carbocycles. The second-order valence-electron chi connectivity index (χ2n) is 1.99. The fourth-order valence-electron chi connectivity index (χ4n) is 0.440. The van der Waals surface area contributed by atoms with Crippen molar-refractivity contribution in [2.24, 2.45) is 10.7 Å². The van der Waals surface area contributed by atoms with Crippen LogP contribution >= 0.6 is 0 Å². The van der Waals surface area contributed by atoms with Gasteiger partial charge in [0.15, 0.2) is 0 Å². The van der Waals surface area contributed by atoms with Crippen molar-refractivity contribution in [2.75, 3.05) is 6.61 Å². The molecule has 0 unspecified atom stereocenters. The van der Waals surface area contributed by atoms with Crippen molar-refractivity contribution >= 4 is 6.02 Å². The maximum absolute atomic E-state index is 5.31. The molecule has 3 nitrogen and oxygen atoms in total. The van der Waals surface area contributed by atoms with Gasteiger partial charge in [0.2, 0.25) is 0 Å². The second-order valence-corrected chi connectivity index (χ2v) is 1.99. The van der Waals surface area contributed by atoms with E-state index < -0.39 is 0 Å². The molecule has 0 bridgehead atoms. The lowest BCUT2D eigenvalue weighted by atomic mass is 10.4. The van der Waals surface area contributed by atoms with Crippen molar-refractivity contribution < 1.29 is 4.74 Å². The maximum Gasteiger partial charge on any atom is 0.282 e. The quantitative estimate of drug-likeness (QED) is 0.443. The molecule has 0 aliphatic carbocycles. The molecule has 3 heteroatoms. The predicted octanol–water partition coefficient (Wildman–Crippen LogP) is 0.746. The minimum Gasteiger partial charge on any atom is -0.466 e. The summed E-state index contributed by atoms with van der Waals surface area (Å²) in [5, 5.41) is 0. The summed E-state index contributed by atoms with van der Waals surface area (Å²) in [5.41, 5.74) is 5.31. The van der Waals surface area contributed by atoms with E-state index in [-0.39, 0.29) is 12.1 Å². The number of nitrogens with two attached hydrogens (primary N) is 1. The van der Waals surface area contributed by atoms with Crippen molar-refractivity contribution in [1.29, 1.82) is 0 Å². The van der Waals surface area contributed by atoms with E-state index in [1.54, 1.807) is 0 Å². The van der Waals surface area contributed by atoms with Crippen LogP contribution in [0.3, 0.4) is 0 Å². The van der Waals surface area contributed by atoms with Gasteiger partial charge < -0.3 is 10.5 Å². The molecule has 0 amide bonds. The zero-order valence-corrected chi connectivity index (χ0v) is 6.22. The molecule has 0 aromatic heterocycles. The highest BCUT2D eigenvalue weighted by atomic mass is 16.5. The summed E-state index contributed by atoms with van der Waals surface area (Å²) in [7, 11) is 0. The SMILES string of the molecule is CCOC(N)=NC(C)C. The Balaban J connectivity index is 3.55. The number of aliphatic imine (C=N–C) groups is 1. The van der Waals surface area contributed by atoms with E-state index in [1.165, 1.54) is 0 Å². The zero-order chi connectivity index (χ0) is 7.28. The first kappa shape index (κ1) is 8.27. The molecule has 2 N–H and O–H groups in total. The van der Waals surface area contributed by atoms with Crippen molar-refractivity contribution in [1.82, 2.24) is 0 Å². The highest BCUT2D eigenvalue weighted by Gasteiger charge is 1.90. The van der Waals surface area contributed by atoms with Gasteiger partial charge in [0.05, 0.1) is 6.61 Å². The zero-order valence-electron chi connectivity index (χ0n) is 6.22. The van der Waals surface area contributed by atoms with Crippen molar-refractivity contribution in [3.63, 3.8) is 0 Å². The van der Waals surface area contributed by atoms with Gasteiger partial charge in [-0.05, 0) is 20.8 Å². The molecule has 9 heavy (non-hydrogen) atoms. The molecule has 0 spiro atoms. The lowest BCUT2D eigenvalue weighted by Crippen LogP contribution is -2.17. The average Bonchev–Trinajstić information content (AvgIpc) is 1.63. The van der Waals surface area contributed by atoms with Gasteiger partial charge in [-0.2, -0.15) is 0 Å². The minimum atomic E-state index is 0.219. The molecular weight excluding hydrogens is 116 g/mol. The molecule has 0 aliphatic rings. The summed E-state index contributed by atoms with van der Waals surface area (Å²) in [6.07, 6.45) is 0. The van der Waals surface area contributed by atoms with E-state index in [1.807, 2.05) is 20.8 Å². The smallest absolute Gasteiger partial charge is 0.282 e. The topological polar surface area (TPSA) is 47.6 Å². The van der Waals surface area contributed by atoms with E-state index in [0.717, 1.165) is 0 Å².